The SMILES string of the molecule is O=C(NCc1ccncc1)c1cn(C[C@@H]2CCCO2)cc(C(=O)NC2CCCCCCC2)c1=O. The Morgan fingerprint density at radius 3 is 2.29 bits per heavy atom. The second-order valence-corrected chi connectivity index (χ2v) is 9.30. The van der Waals surface area contributed by atoms with Crippen molar-refractivity contribution in [2.24, 2.45) is 0 Å². The molecule has 4 rings (SSSR count). The first-order chi connectivity index (χ1) is 16.6. The Morgan fingerprint density at radius 1 is 0.941 bits per heavy atom. The predicted molar refractivity (Wildman–Crippen MR) is 129 cm³/mol. The van der Waals surface area contributed by atoms with Gasteiger partial charge in [-0.05, 0) is 43.4 Å². The normalized spacial score (nSPS) is 19.2. The zero-order chi connectivity index (χ0) is 23.8. The largest absolute Gasteiger partial charge is 0.376 e. The zero-order valence-corrected chi connectivity index (χ0v) is 19.6. The molecule has 1 atom stereocenters. The highest BCUT2D eigenvalue weighted by molar-refractivity contribution is 5.99. The Balaban J connectivity index is 1.55. The maximum absolute atomic E-state index is 13.2. The second kappa shape index (κ2) is 11.9. The summed E-state index contributed by atoms with van der Waals surface area (Å²) in [6.45, 7) is 1.47. The number of hydrogen-bond donors (Lipinski definition) is 2. The van der Waals surface area contributed by atoms with Crippen molar-refractivity contribution in [1.82, 2.24) is 20.2 Å². The van der Waals surface area contributed by atoms with Crippen LogP contribution in [-0.2, 0) is 17.8 Å². The Bertz CT molecular complexity index is 1020. The first kappa shape index (κ1) is 24.1. The number of nitrogens with zero attached hydrogens (tertiary/aromatic N) is 2. The number of aromatic nitrogens is 2. The van der Waals surface area contributed by atoms with Crippen molar-refractivity contribution in [2.45, 2.75) is 83.0 Å². The number of hydrogen-bond acceptors (Lipinski definition) is 5. The summed E-state index contributed by atoms with van der Waals surface area (Å²) in [5, 5.41) is 5.86. The van der Waals surface area contributed by atoms with Crippen LogP contribution in [0.2, 0.25) is 0 Å². The van der Waals surface area contributed by atoms with Crippen molar-refractivity contribution >= 4 is 11.8 Å². The molecule has 2 fully saturated rings. The van der Waals surface area contributed by atoms with E-state index in [9.17, 15) is 14.4 Å². The van der Waals surface area contributed by atoms with Gasteiger partial charge in [0.05, 0.1) is 6.10 Å². The van der Waals surface area contributed by atoms with Crippen LogP contribution in [0.5, 0.6) is 0 Å². The number of carbonyl (C=O) groups excluding carboxylic acids is 2. The van der Waals surface area contributed by atoms with E-state index < -0.39 is 17.2 Å². The molecule has 2 aliphatic rings. The summed E-state index contributed by atoms with van der Waals surface area (Å²) in [5.41, 5.74) is 0.314. The molecule has 0 bridgehead atoms. The maximum Gasteiger partial charge on any atom is 0.257 e. The maximum atomic E-state index is 13.2. The quantitative estimate of drug-likeness (QED) is 0.652. The highest BCUT2D eigenvalue weighted by Crippen LogP contribution is 2.18. The minimum atomic E-state index is -0.542. The molecular formula is C26H34N4O4. The summed E-state index contributed by atoms with van der Waals surface area (Å²) < 4.78 is 7.49. The van der Waals surface area contributed by atoms with E-state index in [1.54, 1.807) is 41.5 Å². The lowest BCUT2D eigenvalue weighted by Crippen LogP contribution is -2.40. The fourth-order valence-electron chi connectivity index (χ4n) is 4.73. The van der Waals surface area contributed by atoms with Gasteiger partial charge < -0.3 is 19.9 Å². The number of ether oxygens (including phenoxy) is 1. The highest BCUT2D eigenvalue weighted by Gasteiger charge is 2.23. The average molecular weight is 467 g/mol. The molecule has 1 saturated carbocycles. The van der Waals surface area contributed by atoms with Crippen molar-refractivity contribution in [1.29, 1.82) is 0 Å². The molecule has 1 saturated heterocycles. The molecule has 2 aromatic rings. The molecular weight excluding hydrogens is 432 g/mol. The van der Waals surface area contributed by atoms with E-state index in [0.717, 1.165) is 44.1 Å². The number of pyridine rings is 2. The van der Waals surface area contributed by atoms with Crippen LogP contribution in [0.25, 0.3) is 0 Å². The van der Waals surface area contributed by atoms with E-state index in [0.29, 0.717) is 13.2 Å². The zero-order valence-electron chi connectivity index (χ0n) is 19.6. The van der Waals surface area contributed by atoms with Gasteiger partial charge in [0.2, 0.25) is 5.43 Å². The van der Waals surface area contributed by atoms with E-state index in [1.165, 1.54) is 19.3 Å². The molecule has 1 aliphatic heterocycles. The van der Waals surface area contributed by atoms with E-state index in [4.69, 9.17) is 4.74 Å². The van der Waals surface area contributed by atoms with Crippen LogP contribution in [0.3, 0.4) is 0 Å². The standard InChI is InChI=1S/C26H34N4O4/c31-24-22(25(32)28-15-19-10-12-27-13-11-19)17-30(16-21-9-6-14-34-21)18-23(24)26(33)29-20-7-4-2-1-3-5-8-20/h10-13,17-18,20-21H,1-9,14-16H2,(H,28,32)(H,29,33)/t21-/m0/s1. The van der Waals surface area contributed by atoms with Crippen molar-refractivity contribution in [3.63, 3.8) is 0 Å². The van der Waals surface area contributed by atoms with Gasteiger partial charge in [-0.15, -0.1) is 0 Å². The molecule has 2 N–H and O–H groups in total. The summed E-state index contributed by atoms with van der Waals surface area (Å²) in [6.07, 6.45) is 15.9. The lowest BCUT2D eigenvalue weighted by molar-refractivity contribution is 0.0914. The lowest BCUT2D eigenvalue weighted by atomic mass is 9.96. The first-order valence-corrected chi connectivity index (χ1v) is 12.4. The minimum absolute atomic E-state index is 0.0108. The number of amides is 2. The number of nitrogens with one attached hydrogen (secondary N) is 2. The van der Waals surface area contributed by atoms with Crippen LogP contribution in [0.4, 0.5) is 0 Å². The highest BCUT2D eigenvalue weighted by atomic mass is 16.5. The van der Waals surface area contributed by atoms with Crippen LogP contribution in [-0.4, -0.2) is 40.1 Å². The van der Waals surface area contributed by atoms with Crippen LogP contribution >= 0.6 is 0 Å². The summed E-state index contributed by atoms with van der Waals surface area (Å²) in [5.74, 6) is -0.899. The monoisotopic (exact) mass is 466 g/mol. The van der Waals surface area contributed by atoms with E-state index >= 15 is 0 Å². The third kappa shape index (κ3) is 6.53. The number of carbonyl (C=O) groups is 2. The third-order valence-electron chi connectivity index (χ3n) is 6.65. The fraction of sp³-hybridized carbons (Fsp3) is 0.538. The summed E-state index contributed by atoms with van der Waals surface area (Å²) in [6, 6.07) is 3.66. The molecule has 2 aromatic heterocycles. The molecule has 2 amide bonds. The van der Waals surface area contributed by atoms with Gasteiger partial charge in [-0.1, -0.05) is 32.1 Å². The smallest absolute Gasteiger partial charge is 0.257 e. The first-order valence-electron chi connectivity index (χ1n) is 12.4. The van der Waals surface area contributed by atoms with Crippen molar-refractivity contribution in [3.8, 4) is 0 Å². The van der Waals surface area contributed by atoms with Gasteiger partial charge in [-0.2, -0.15) is 0 Å². The lowest BCUT2D eigenvalue weighted by Gasteiger charge is -2.21. The van der Waals surface area contributed by atoms with Gasteiger partial charge in [-0.25, -0.2) is 0 Å². The van der Waals surface area contributed by atoms with Gasteiger partial charge in [0.15, 0.2) is 0 Å². The Hall–Kier alpha value is -3.00. The van der Waals surface area contributed by atoms with Crippen LogP contribution in [0.1, 0.15) is 84.1 Å². The predicted octanol–water partition coefficient (Wildman–Crippen LogP) is 3.20. The van der Waals surface area contributed by atoms with Crippen LogP contribution in [0.15, 0.2) is 41.7 Å². The fourth-order valence-corrected chi connectivity index (χ4v) is 4.73. The summed E-state index contributed by atoms with van der Waals surface area (Å²) in [7, 11) is 0. The van der Waals surface area contributed by atoms with E-state index in [2.05, 4.69) is 15.6 Å². The van der Waals surface area contributed by atoms with E-state index in [-0.39, 0.29) is 29.8 Å². The molecule has 0 aromatic carbocycles. The van der Waals surface area contributed by atoms with Gasteiger partial charge in [0, 0.05) is 50.5 Å². The topological polar surface area (TPSA) is 102 Å². The van der Waals surface area contributed by atoms with Crippen molar-refractivity contribution < 1.29 is 14.3 Å². The van der Waals surface area contributed by atoms with Gasteiger partial charge in [0.1, 0.15) is 11.1 Å². The molecule has 34 heavy (non-hydrogen) atoms. The Morgan fingerprint density at radius 2 is 1.62 bits per heavy atom. The molecule has 0 unspecified atom stereocenters. The van der Waals surface area contributed by atoms with Gasteiger partial charge in [-0.3, -0.25) is 19.4 Å². The summed E-state index contributed by atoms with van der Waals surface area (Å²) in [4.78, 5) is 43.4. The molecule has 182 valence electrons. The third-order valence-corrected chi connectivity index (χ3v) is 6.65. The molecule has 0 spiro atoms. The summed E-state index contributed by atoms with van der Waals surface area (Å²) >= 11 is 0. The molecule has 3 heterocycles. The van der Waals surface area contributed by atoms with Crippen molar-refractivity contribution in [3.05, 3.63) is 63.8 Å². The second-order valence-electron chi connectivity index (χ2n) is 9.30. The molecule has 1 aliphatic carbocycles. The Labute approximate surface area is 200 Å². The van der Waals surface area contributed by atoms with Crippen LogP contribution < -0.4 is 16.1 Å². The average Bonchev–Trinajstić information content (AvgIpc) is 3.34. The number of rotatable bonds is 7. The molecule has 8 heteroatoms. The molecule has 8 nitrogen and oxygen atoms in total. The van der Waals surface area contributed by atoms with Crippen molar-refractivity contribution in [2.75, 3.05) is 6.61 Å². The van der Waals surface area contributed by atoms with E-state index in [1.807, 2.05) is 0 Å². The minimum Gasteiger partial charge on any atom is -0.376 e. The molecule has 0 radical (unpaired) electrons. The Kier molecular flexibility index (Phi) is 8.46. The van der Waals surface area contributed by atoms with Gasteiger partial charge >= 0.3 is 0 Å². The van der Waals surface area contributed by atoms with Gasteiger partial charge in [0.25, 0.3) is 11.8 Å². The van der Waals surface area contributed by atoms with Crippen LogP contribution in [0, 0.1) is 0 Å².